The average Bonchev–Trinajstić information content (AvgIpc) is 3.17. The van der Waals surface area contributed by atoms with Crippen LogP contribution in [0, 0.1) is 5.92 Å². The maximum atomic E-state index is 5.98. The minimum atomic E-state index is 0.222. The van der Waals surface area contributed by atoms with Gasteiger partial charge >= 0.3 is 0 Å². The summed E-state index contributed by atoms with van der Waals surface area (Å²) in [7, 11) is 2.10. The quantitative estimate of drug-likeness (QED) is 0.878. The van der Waals surface area contributed by atoms with Crippen LogP contribution in [0.1, 0.15) is 24.5 Å². The van der Waals surface area contributed by atoms with E-state index in [1.807, 2.05) is 0 Å². The molecule has 1 unspecified atom stereocenters. The highest BCUT2D eigenvalue weighted by molar-refractivity contribution is 5.84. The number of ether oxygens (including phenoxy) is 1. The van der Waals surface area contributed by atoms with Crippen molar-refractivity contribution in [3.8, 4) is 0 Å². The van der Waals surface area contributed by atoms with Crippen molar-refractivity contribution in [3.63, 3.8) is 0 Å². The highest BCUT2D eigenvalue weighted by Crippen LogP contribution is 2.45. The molecule has 1 atom stereocenters. The van der Waals surface area contributed by atoms with Crippen molar-refractivity contribution in [3.05, 3.63) is 36.0 Å². The van der Waals surface area contributed by atoms with E-state index >= 15 is 0 Å². The number of hydrogen-bond donors (Lipinski definition) is 1. The van der Waals surface area contributed by atoms with Gasteiger partial charge in [-0.3, -0.25) is 0 Å². The van der Waals surface area contributed by atoms with Gasteiger partial charge in [-0.05, 0) is 24.8 Å². The third-order valence-electron chi connectivity index (χ3n) is 3.70. The Bertz CT molecular complexity index is 542. The first-order valence-electron chi connectivity index (χ1n) is 6.67. The Hall–Kier alpha value is -1.32. The van der Waals surface area contributed by atoms with E-state index in [1.165, 1.54) is 29.3 Å². The number of aryl methyl sites for hydroxylation is 1. The molecule has 1 saturated carbocycles. The Morgan fingerprint density at radius 1 is 1.39 bits per heavy atom. The summed E-state index contributed by atoms with van der Waals surface area (Å²) in [4.78, 5) is 0. The van der Waals surface area contributed by atoms with Gasteiger partial charge < -0.3 is 15.0 Å². The van der Waals surface area contributed by atoms with Crippen molar-refractivity contribution in [1.82, 2.24) is 4.57 Å². The number of nitrogens with zero attached hydrogens (tertiary/aromatic N) is 1. The van der Waals surface area contributed by atoms with E-state index < -0.39 is 0 Å². The van der Waals surface area contributed by atoms with Crippen LogP contribution in [0.15, 0.2) is 30.5 Å². The van der Waals surface area contributed by atoms with Crippen LogP contribution in [-0.2, 0) is 11.8 Å². The van der Waals surface area contributed by atoms with Gasteiger partial charge in [-0.1, -0.05) is 18.2 Å². The van der Waals surface area contributed by atoms with E-state index in [0.29, 0.717) is 19.1 Å². The van der Waals surface area contributed by atoms with Crippen molar-refractivity contribution in [2.45, 2.75) is 18.9 Å². The Labute approximate surface area is 108 Å². The molecule has 0 amide bonds. The fraction of sp³-hybridized carbons (Fsp3) is 0.467. The van der Waals surface area contributed by atoms with Crippen LogP contribution < -0.4 is 5.73 Å². The zero-order valence-corrected chi connectivity index (χ0v) is 10.8. The summed E-state index contributed by atoms with van der Waals surface area (Å²) in [6.07, 6.45) is 4.99. The standard InChI is InChI=1S/C15H20N2O/c1-17-10-13(12-4-2-3-5-14(12)17)15(11-6-7-11)18-9-8-16/h2-5,10-11,15H,6-9,16H2,1H3. The fourth-order valence-electron chi connectivity index (χ4n) is 2.67. The lowest BCUT2D eigenvalue weighted by molar-refractivity contribution is 0.0433. The molecule has 3 heteroatoms. The van der Waals surface area contributed by atoms with E-state index in [4.69, 9.17) is 10.5 Å². The Balaban J connectivity index is 2.00. The first-order valence-corrected chi connectivity index (χ1v) is 6.67. The predicted octanol–water partition coefficient (Wildman–Crippen LogP) is 2.60. The van der Waals surface area contributed by atoms with Crippen molar-refractivity contribution in [1.29, 1.82) is 0 Å². The SMILES string of the molecule is Cn1cc(C(OCCN)C2CC2)c2ccccc21. The van der Waals surface area contributed by atoms with Gasteiger partial charge in [0.05, 0.1) is 12.7 Å². The van der Waals surface area contributed by atoms with Crippen LogP contribution in [0.2, 0.25) is 0 Å². The summed E-state index contributed by atoms with van der Waals surface area (Å²) in [5.74, 6) is 0.683. The molecule has 3 nitrogen and oxygen atoms in total. The van der Waals surface area contributed by atoms with Crippen molar-refractivity contribution < 1.29 is 4.74 Å². The third kappa shape index (κ3) is 2.04. The topological polar surface area (TPSA) is 40.2 Å². The summed E-state index contributed by atoms with van der Waals surface area (Å²) in [6, 6.07) is 8.52. The first-order chi connectivity index (χ1) is 8.81. The monoisotopic (exact) mass is 244 g/mol. The molecule has 1 heterocycles. The number of rotatable bonds is 5. The number of nitrogens with two attached hydrogens (primary N) is 1. The average molecular weight is 244 g/mol. The number of fused-ring (bicyclic) bond motifs is 1. The molecule has 18 heavy (non-hydrogen) atoms. The van der Waals surface area contributed by atoms with Crippen LogP contribution in [0.3, 0.4) is 0 Å². The van der Waals surface area contributed by atoms with Gasteiger partial charge in [0.2, 0.25) is 0 Å². The van der Waals surface area contributed by atoms with Gasteiger partial charge in [-0.25, -0.2) is 0 Å². The second kappa shape index (κ2) is 4.75. The molecule has 1 aliphatic rings. The molecule has 1 aromatic carbocycles. The normalized spacial score (nSPS) is 17.2. The van der Waals surface area contributed by atoms with Crippen molar-refractivity contribution in [2.75, 3.05) is 13.2 Å². The van der Waals surface area contributed by atoms with Gasteiger partial charge in [0, 0.05) is 36.3 Å². The summed E-state index contributed by atoms with van der Waals surface area (Å²) >= 11 is 0. The van der Waals surface area contributed by atoms with Crippen LogP contribution >= 0.6 is 0 Å². The van der Waals surface area contributed by atoms with Crippen molar-refractivity contribution in [2.24, 2.45) is 18.7 Å². The molecule has 0 aliphatic heterocycles. The zero-order valence-electron chi connectivity index (χ0n) is 10.8. The molecule has 1 aromatic heterocycles. The largest absolute Gasteiger partial charge is 0.372 e. The number of aromatic nitrogens is 1. The van der Waals surface area contributed by atoms with Crippen LogP contribution in [0.25, 0.3) is 10.9 Å². The molecule has 2 N–H and O–H groups in total. The number of hydrogen-bond acceptors (Lipinski definition) is 2. The van der Waals surface area contributed by atoms with E-state index in [2.05, 4.69) is 42.1 Å². The van der Waals surface area contributed by atoms with Gasteiger partial charge in [0.1, 0.15) is 0 Å². The molecule has 2 aromatic rings. The highest BCUT2D eigenvalue weighted by atomic mass is 16.5. The Kier molecular flexibility index (Phi) is 3.10. The van der Waals surface area contributed by atoms with Crippen LogP contribution in [-0.4, -0.2) is 17.7 Å². The lowest BCUT2D eigenvalue weighted by Crippen LogP contribution is -2.14. The van der Waals surface area contributed by atoms with Crippen LogP contribution in [0.4, 0.5) is 0 Å². The minimum Gasteiger partial charge on any atom is -0.372 e. The molecular weight excluding hydrogens is 224 g/mol. The van der Waals surface area contributed by atoms with Gasteiger partial charge in [-0.2, -0.15) is 0 Å². The minimum absolute atomic E-state index is 0.222. The summed E-state index contributed by atoms with van der Waals surface area (Å²) in [6.45, 7) is 1.23. The summed E-state index contributed by atoms with van der Waals surface area (Å²) in [5, 5.41) is 1.31. The smallest absolute Gasteiger partial charge is 0.0874 e. The Morgan fingerprint density at radius 3 is 2.89 bits per heavy atom. The molecule has 0 bridgehead atoms. The van der Waals surface area contributed by atoms with E-state index in [-0.39, 0.29) is 6.10 Å². The molecule has 96 valence electrons. The number of benzene rings is 1. The first kappa shape index (κ1) is 11.8. The zero-order chi connectivity index (χ0) is 12.5. The van der Waals surface area contributed by atoms with Crippen molar-refractivity contribution >= 4 is 10.9 Å². The fourth-order valence-corrected chi connectivity index (χ4v) is 2.67. The van der Waals surface area contributed by atoms with E-state index in [9.17, 15) is 0 Å². The molecule has 0 radical (unpaired) electrons. The second-order valence-electron chi connectivity index (χ2n) is 5.13. The van der Waals surface area contributed by atoms with Crippen LogP contribution in [0.5, 0.6) is 0 Å². The maximum absolute atomic E-state index is 5.98. The summed E-state index contributed by atoms with van der Waals surface area (Å²) in [5.41, 5.74) is 8.16. The predicted molar refractivity (Wildman–Crippen MR) is 73.4 cm³/mol. The maximum Gasteiger partial charge on any atom is 0.0874 e. The van der Waals surface area contributed by atoms with Gasteiger partial charge in [0.25, 0.3) is 0 Å². The lowest BCUT2D eigenvalue weighted by Gasteiger charge is -2.16. The van der Waals surface area contributed by atoms with E-state index in [0.717, 1.165) is 0 Å². The molecular formula is C15H20N2O. The molecule has 0 spiro atoms. The lowest BCUT2D eigenvalue weighted by atomic mass is 10.0. The van der Waals surface area contributed by atoms with E-state index in [1.54, 1.807) is 0 Å². The Morgan fingerprint density at radius 2 is 2.17 bits per heavy atom. The summed E-state index contributed by atoms with van der Waals surface area (Å²) < 4.78 is 8.17. The molecule has 1 aliphatic carbocycles. The molecule has 1 fully saturated rings. The molecule has 0 saturated heterocycles. The second-order valence-corrected chi connectivity index (χ2v) is 5.13. The highest BCUT2D eigenvalue weighted by Gasteiger charge is 2.34. The third-order valence-corrected chi connectivity index (χ3v) is 3.70. The van der Waals surface area contributed by atoms with Gasteiger partial charge in [0.15, 0.2) is 0 Å². The van der Waals surface area contributed by atoms with Gasteiger partial charge in [-0.15, -0.1) is 0 Å². The number of para-hydroxylation sites is 1. The molecule has 3 rings (SSSR count).